The lowest BCUT2D eigenvalue weighted by molar-refractivity contribution is -0.274. The van der Waals surface area contributed by atoms with E-state index < -0.39 is 6.36 Å². The van der Waals surface area contributed by atoms with Crippen LogP contribution >= 0.6 is 22.7 Å². The third-order valence-electron chi connectivity index (χ3n) is 8.25. The highest BCUT2D eigenvalue weighted by Crippen LogP contribution is 2.47. The first kappa shape index (κ1) is 28.4. The number of thiazole rings is 1. The van der Waals surface area contributed by atoms with Crippen molar-refractivity contribution in [2.24, 2.45) is 0 Å². The molecule has 0 radical (unpaired) electrons. The molecule has 7 rings (SSSR count). The average molecular weight is 632 g/mol. The summed E-state index contributed by atoms with van der Waals surface area (Å²) in [4.78, 5) is 20.7. The number of benzene rings is 1. The molecule has 1 saturated carbocycles. The van der Waals surface area contributed by atoms with Crippen LogP contribution in [0.1, 0.15) is 65.4 Å². The summed E-state index contributed by atoms with van der Waals surface area (Å²) in [5.41, 5.74) is 2.11. The van der Waals surface area contributed by atoms with Gasteiger partial charge in [0.1, 0.15) is 22.1 Å². The molecule has 3 aromatic heterocycles. The first-order valence-corrected chi connectivity index (χ1v) is 15.8. The largest absolute Gasteiger partial charge is 0.573 e. The first-order chi connectivity index (χ1) is 20.8. The highest BCUT2D eigenvalue weighted by molar-refractivity contribution is 7.18. The molecule has 0 amide bonds. The van der Waals surface area contributed by atoms with Crippen LogP contribution < -0.4 is 9.64 Å². The van der Waals surface area contributed by atoms with Crippen molar-refractivity contribution < 1.29 is 36.7 Å². The van der Waals surface area contributed by atoms with E-state index in [2.05, 4.69) is 14.8 Å². The summed E-state index contributed by atoms with van der Waals surface area (Å²) in [6, 6.07) is 10.2. The van der Waals surface area contributed by atoms with Crippen LogP contribution in [-0.4, -0.2) is 47.8 Å². The standard InChI is InChI=1S/C30H28F3N3O5S2/c1-38-28(37)25-11-10-24(43-25)22-15-42-29(34-22)36-17-8-9-18(36)13-19(12-17)39-14-21-26(35-41-27(21)16-6-7-16)20-4-2-3-5-23(20)40-30(31,32)33/h2-5,10-11,15-19H,6-9,12-14H2,1H3/t17-,18+,19-. The molecule has 2 saturated heterocycles. The van der Waals surface area contributed by atoms with Gasteiger partial charge in [-0.3, -0.25) is 0 Å². The van der Waals surface area contributed by atoms with E-state index in [4.69, 9.17) is 19.0 Å². The summed E-state index contributed by atoms with van der Waals surface area (Å²) in [5.74, 6) is 0.231. The van der Waals surface area contributed by atoms with E-state index in [1.54, 1.807) is 29.5 Å². The van der Waals surface area contributed by atoms with Gasteiger partial charge in [-0.1, -0.05) is 17.3 Å². The molecule has 3 aliphatic rings. The number of methoxy groups -OCH3 is 1. The second-order valence-electron chi connectivity index (χ2n) is 11.1. The van der Waals surface area contributed by atoms with Gasteiger partial charge in [0.15, 0.2) is 5.13 Å². The Morgan fingerprint density at radius 3 is 2.58 bits per heavy atom. The number of rotatable bonds is 9. The minimum absolute atomic E-state index is 0.00966. The monoisotopic (exact) mass is 631 g/mol. The maximum Gasteiger partial charge on any atom is 0.573 e. The second-order valence-corrected chi connectivity index (χ2v) is 13.0. The van der Waals surface area contributed by atoms with Crippen LogP contribution in [0.15, 0.2) is 46.3 Å². The predicted molar refractivity (Wildman–Crippen MR) is 154 cm³/mol. The van der Waals surface area contributed by atoms with Gasteiger partial charge >= 0.3 is 12.3 Å². The number of halogens is 3. The number of carbonyl (C=O) groups is 1. The Labute approximate surface area is 253 Å². The number of alkyl halides is 3. The summed E-state index contributed by atoms with van der Waals surface area (Å²) < 4.78 is 60.7. The van der Waals surface area contributed by atoms with Crippen molar-refractivity contribution in [3.63, 3.8) is 0 Å². The molecule has 1 aromatic carbocycles. The van der Waals surface area contributed by atoms with Gasteiger partial charge < -0.3 is 23.6 Å². The molecule has 3 fully saturated rings. The lowest BCUT2D eigenvalue weighted by atomic mass is 10.00. The maximum atomic E-state index is 13.1. The van der Waals surface area contributed by atoms with Crippen LogP contribution in [0.4, 0.5) is 18.3 Å². The SMILES string of the molecule is COC(=O)c1ccc(-c2csc(N3[C@@H]4CC[C@H]3C[C@H](OCc3c(-c5ccccc5OC(F)(F)F)noc3C3CC3)C4)n2)s1. The van der Waals surface area contributed by atoms with Crippen LogP contribution in [0.25, 0.3) is 21.8 Å². The van der Waals surface area contributed by atoms with E-state index in [0.717, 1.165) is 54.2 Å². The molecular weight excluding hydrogens is 603 g/mol. The Balaban J connectivity index is 1.06. The van der Waals surface area contributed by atoms with E-state index in [-0.39, 0.29) is 48.0 Å². The molecule has 0 unspecified atom stereocenters. The Morgan fingerprint density at radius 1 is 1.09 bits per heavy atom. The van der Waals surface area contributed by atoms with Gasteiger partial charge in [0, 0.05) is 34.5 Å². The normalized spacial score (nSPS) is 21.8. The first-order valence-electron chi connectivity index (χ1n) is 14.1. The van der Waals surface area contributed by atoms with Crippen molar-refractivity contribution in [3.05, 3.63) is 58.0 Å². The Kier molecular flexibility index (Phi) is 7.42. The second kappa shape index (κ2) is 11.3. The number of piperidine rings is 1. The number of aromatic nitrogens is 2. The van der Waals surface area contributed by atoms with Crippen LogP contribution in [0.5, 0.6) is 5.75 Å². The number of thiophene rings is 1. The minimum atomic E-state index is -4.82. The molecule has 3 atom stereocenters. The van der Waals surface area contributed by atoms with E-state index in [1.807, 2.05) is 11.4 Å². The van der Waals surface area contributed by atoms with E-state index in [0.29, 0.717) is 21.9 Å². The van der Waals surface area contributed by atoms with E-state index >= 15 is 0 Å². The van der Waals surface area contributed by atoms with Gasteiger partial charge in [-0.2, -0.15) is 0 Å². The third-order valence-corrected chi connectivity index (χ3v) is 10.2. The van der Waals surface area contributed by atoms with Crippen LogP contribution in [0.2, 0.25) is 0 Å². The smallest absolute Gasteiger partial charge is 0.465 e. The lowest BCUT2D eigenvalue weighted by Crippen LogP contribution is -2.45. The summed E-state index contributed by atoms with van der Waals surface area (Å²) in [7, 11) is 1.37. The number of carbonyl (C=O) groups excluding carboxylic acids is 1. The zero-order chi connectivity index (χ0) is 29.7. The molecule has 226 valence electrons. The van der Waals surface area contributed by atoms with Crippen LogP contribution in [0, 0.1) is 0 Å². The molecule has 13 heteroatoms. The number of para-hydroxylation sites is 1. The Hall–Kier alpha value is -3.42. The molecule has 2 aliphatic heterocycles. The number of hydrogen-bond donors (Lipinski definition) is 0. The van der Waals surface area contributed by atoms with Crippen molar-refractivity contribution in [2.75, 3.05) is 12.0 Å². The minimum Gasteiger partial charge on any atom is -0.465 e. The summed E-state index contributed by atoms with van der Waals surface area (Å²) >= 11 is 2.97. The van der Waals surface area contributed by atoms with Gasteiger partial charge in [-0.15, -0.1) is 35.8 Å². The number of ether oxygens (including phenoxy) is 3. The van der Waals surface area contributed by atoms with Crippen molar-refractivity contribution in [1.82, 2.24) is 10.1 Å². The maximum absolute atomic E-state index is 13.1. The molecule has 5 heterocycles. The fraction of sp³-hybridized carbons (Fsp3) is 0.433. The average Bonchev–Trinajstić information content (AvgIpc) is 3.31. The third kappa shape index (κ3) is 5.77. The summed E-state index contributed by atoms with van der Waals surface area (Å²) in [6.07, 6.45) is 0.805. The van der Waals surface area contributed by atoms with E-state index in [9.17, 15) is 18.0 Å². The van der Waals surface area contributed by atoms with Crippen molar-refractivity contribution >= 4 is 33.8 Å². The quantitative estimate of drug-likeness (QED) is 0.173. The van der Waals surface area contributed by atoms with Crippen LogP contribution in [0.3, 0.4) is 0 Å². The van der Waals surface area contributed by atoms with Crippen molar-refractivity contribution in [1.29, 1.82) is 0 Å². The molecule has 43 heavy (non-hydrogen) atoms. The molecule has 0 spiro atoms. The van der Waals surface area contributed by atoms with Crippen molar-refractivity contribution in [3.8, 4) is 27.6 Å². The van der Waals surface area contributed by atoms with Gasteiger partial charge in [0.05, 0.1) is 30.4 Å². The van der Waals surface area contributed by atoms with Gasteiger partial charge in [-0.25, -0.2) is 9.78 Å². The molecular formula is C30H28F3N3O5S2. The summed E-state index contributed by atoms with van der Waals surface area (Å²) in [5, 5.41) is 7.19. The Bertz CT molecular complexity index is 1610. The fourth-order valence-electron chi connectivity index (χ4n) is 6.17. The number of nitrogens with zero attached hydrogens (tertiary/aromatic N) is 3. The number of anilines is 1. The predicted octanol–water partition coefficient (Wildman–Crippen LogP) is 7.81. The number of hydrogen-bond acceptors (Lipinski definition) is 10. The number of fused-ring (bicyclic) bond motifs is 2. The van der Waals surface area contributed by atoms with Crippen molar-refractivity contribution in [2.45, 2.75) is 75.6 Å². The highest BCUT2D eigenvalue weighted by Gasteiger charge is 2.43. The fourth-order valence-corrected chi connectivity index (χ4v) is 8.10. The molecule has 8 nitrogen and oxygen atoms in total. The van der Waals surface area contributed by atoms with Gasteiger partial charge in [0.2, 0.25) is 0 Å². The zero-order valence-corrected chi connectivity index (χ0v) is 24.8. The number of esters is 1. The van der Waals surface area contributed by atoms with Gasteiger partial charge in [0.25, 0.3) is 0 Å². The highest BCUT2D eigenvalue weighted by atomic mass is 32.1. The molecule has 2 bridgehead atoms. The van der Waals surface area contributed by atoms with Crippen LogP contribution in [-0.2, 0) is 16.1 Å². The molecule has 1 aliphatic carbocycles. The summed E-state index contributed by atoms with van der Waals surface area (Å²) in [6.45, 7) is 0.206. The Morgan fingerprint density at radius 2 is 1.86 bits per heavy atom. The van der Waals surface area contributed by atoms with E-state index in [1.165, 1.54) is 30.6 Å². The topological polar surface area (TPSA) is 86.9 Å². The van der Waals surface area contributed by atoms with Gasteiger partial charge in [-0.05, 0) is 62.8 Å². The lowest BCUT2D eigenvalue weighted by Gasteiger charge is -2.38. The molecule has 0 N–H and O–H groups in total. The zero-order valence-electron chi connectivity index (χ0n) is 23.1. The molecule has 4 aromatic rings.